The molecule has 0 atom stereocenters. The van der Waals surface area contributed by atoms with Crippen LogP contribution >= 0.6 is 11.6 Å². The molecule has 0 fully saturated rings. The molecule has 0 aliphatic rings. The van der Waals surface area contributed by atoms with Crippen molar-refractivity contribution < 1.29 is 8.42 Å². The van der Waals surface area contributed by atoms with E-state index in [0.717, 1.165) is 0 Å². The van der Waals surface area contributed by atoms with Crippen molar-refractivity contribution in [2.45, 2.75) is 4.90 Å². The summed E-state index contributed by atoms with van der Waals surface area (Å²) in [5.74, 6) is 0. The molecule has 0 amide bonds. The van der Waals surface area contributed by atoms with Crippen molar-refractivity contribution >= 4 is 27.3 Å². The van der Waals surface area contributed by atoms with E-state index in [0.29, 0.717) is 0 Å². The molecule has 0 bridgehead atoms. The van der Waals surface area contributed by atoms with Crippen molar-refractivity contribution in [3.8, 4) is 6.07 Å². The molecule has 0 unspecified atom stereocenters. The third-order valence-electron chi connectivity index (χ3n) is 2.16. The van der Waals surface area contributed by atoms with Crippen LogP contribution in [-0.4, -0.2) is 18.4 Å². The average Bonchev–Trinajstić information content (AvgIpc) is 2.39. The van der Waals surface area contributed by atoms with Gasteiger partial charge in [-0.15, -0.1) is 0 Å². The molecule has 0 aliphatic heterocycles. The molecule has 0 spiro atoms. The summed E-state index contributed by atoms with van der Waals surface area (Å²) in [6.45, 7) is 0. The van der Waals surface area contributed by atoms with E-state index in [2.05, 4.69) is 14.7 Å². The number of rotatable bonds is 3. The molecule has 96 valence electrons. The number of hydrogen-bond donors (Lipinski definition) is 1. The lowest BCUT2D eigenvalue weighted by molar-refractivity contribution is 0.601. The fourth-order valence-corrected chi connectivity index (χ4v) is 2.90. The van der Waals surface area contributed by atoms with Gasteiger partial charge >= 0.3 is 0 Å². The second-order valence-electron chi connectivity index (χ2n) is 3.49. The van der Waals surface area contributed by atoms with Crippen molar-refractivity contribution in [1.29, 1.82) is 5.26 Å². The van der Waals surface area contributed by atoms with E-state index >= 15 is 0 Å². The minimum Gasteiger partial charge on any atom is -0.276 e. The Bertz CT molecular complexity index is 741. The first kappa shape index (κ1) is 13.3. The topological polar surface area (TPSA) is 95.7 Å². The highest BCUT2D eigenvalue weighted by atomic mass is 35.5. The number of hydrogen-bond acceptors (Lipinski definition) is 5. The molecule has 1 heterocycles. The van der Waals surface area contributed by atoms with Crippen LogP contribution in [0.15, 0.2) is 41.8 Å². The predicted octanol–water partition coefficient (Wildman–Crippen LogP) is 1.80. The maximum Gasteiger partial charge on any atom is 0.263 e. The van der Waals surface area contributed by atoms with E-state index in [1.54, 1.807) is 0 Å². The van der Waals surface area contributed by atoms with Gasteiger partial charge in [0.05, 0.1) is 34.7 Å². The lowest BCUT2D eigenvalue weighted by Crippen LogP contribution is -2.14. The van der Waals surface area contributed by atoms with Crippen LogP contribution in [0.2, 0.25) is 5.02 Å². The lowest BCUT2D eigenvalue weighted by atomic mass is 10.2. The number of nitriles is 1. The van der Waals surface area contributed by atoms with Crippen LogP contribution in [0, 0.1) is 11.3 Å². The van der Waals surface area contributed by atoms with Crippen LogP contribution in [0.25, 0.3) is 0 Å². The third-order valence-corrected chi connectivity index (χ3v) is 4.03. The van der Waals surface area contributed by atoms with E-state index in [4.69, 9.17) is 16.9 Å². The second kappa shape index (κ2) is 5.22. The van der Waals surface area contributed by atoms with E-state index in [9.17, 15) is 8.42 Å². The van der Waals surface area contributed by atoms with Crippen LogP contribution in [0.3, 0.4) is 0 Å². The van der Waals surface area contributed by atoms with Gasteiger partial charge in [-0.3, -0.25) is 4.72 Å². The molecule has 6 nitrogen and oxygen atoms in total. The molecular weight excluding hydrogens is 288 g/mol. The van der Waals surface area contributed by atoms with Gasteiger partial charge in [-0.1, -0.05) is 11.6 Å². The monoisotopic (exact) mass is 294 g/mol. The summed E-state index contributed by atoms with van der Waals surface area (Å²) >= 11 is 5.84. The Morgan fingerprint density at radius 2 is 1.95 bits per heavy atom. The quantitative estimate of drug-likeness (QED) is 0.931. The summed E-state index contributed by atoms with van der Waals surface area (Å²) < 4.78 is 26.5. The Kier molecular flexibility index (Phi) is 3.64. The first-order valence-corrected chi connectivity index (χ1v) is 6.86. The van der Waals surface area contributed by atoms with Gasteiger partial charge < -0.3 is 0 Å². The van der Waals surface area contributed by atoms with E-state index in [1.807, 2.05) is 6.07 Å². The molecule has 0 radical (unpaired) electrons. The summed E-state index contributed by atoms with van der Waals surface area (Å²) in [5.41, 5.74) is 0.412. The zero-order valence-electron chi connectivity index (χ0n) is 9.41. The molecule has 2 aromatic rings. The summed E-state index contributed by atoms with van der Waals surface area (Å²) in [6.07, 6.45) is 3.90. The minimum absolute atomic E-state index is 0.0309. The summed E-state index contributed by atoms with van der Waals surface area (Å²) in [5, 5.41) is 8.81. The number of nitrogens with zero attached hydrogens (tertiary/aromatic N) is 3. The van der Waals surface area contributed by atoms with Gasteiger partial charge in [0.25, 0.3) is 10.0 Å². The van der Waals surface area contributed by atoms with Crippen LogP contribution in [-0.2, 0) is 10.0 Å². The number of aromatic nitrogens is 2. The number of halogens is 1. The molecule has 8 heteroatoms. The smallest absolute Gasteiger partial charge is 0.263 e. The first-order chi connectivity index (χ1) is 9.03. The molecule has 1 aromatic heterocycles. The van der Waals surface area contributed by atoms with E-state index in [-0.39, 0.29) is 21.2 Å². The second-order valence-corrected chi connectivity index (χ2v) is 5.55. The zero-order chi connectivity index (χ0) is 13.9. The minimum atomic E-state index is -3.89. The number of nitrogens with one attached hydrogen (secondary N) is 1. The van der Waals surface area contributed by atoms with Crippen LogP contribution in [0.5, 0.6) is 0 Å². The molecule has 0 saturated carbocycles. The first-order valence-electron chi connectivity index (χ1n) is 5.00. The SMILES string of the molecule is N#Cc1ccc(Cl)c(S(=O)(=O)Nc2cncnc2)c1. The Hall–Kier alpha value is -2.17. The molecule has 19 heavy (non-hydrogen) atoms. The zero-order valence-corrected chi connectivity index (χ0v) is 11.0. The molecule has 0 saturated heterocycles. The fraction of sp³-hybridized carbons (Fsp3) is 0. The summed E-state index contributed by atoms with van der Waals surface area (Å²) in [6, 6.07) is 5.85. The molecule has 0 aliphatic carbocycles. The number of benzene rings is 1. The highest BCUT2D eigenvalue weighted by Crippen LogP contribution is 2.24. The molecule has 1 aromatic carbocycles. The average molecular weight is 295 g/mol. The van der Waals surface area contributed by atoms with E-state index in [1.165, 1.54) is 36.9 Å². The van der Waals surface area contributed by atoms with Crippen LogP contribution < -0.4 is 4.72 Å². The lowest BCUT2D eigenvalue weighted by Gasteiger charge is -2.08. The highest BCUT2D eigenvalue weighted by molar-refractivity contribution is 7.92. The maximum atomic E-state index is 12.1. The van der Waals surface area contributed by atoms with Gasteiger partial charge in [0.2, 0.25) is 0 Å². The van der Waals surface area contributed by atoms with E-state index < -0.39 is 10.0 Å². The van der Waals surface area contributed by atoms with Crippen molar-refractivity contribution in [2.75, 3.05) is 4.72 Å². The highest BCUT2D eigenvalue weighted by Gasteiger charge is 2.19. The van der Waals surface area contributed by atoms with Crippen molar-refractivity contribution in [1.82, 2.24) is 9.97 Å². The number of anilines is 1. The van der Waals surface area contributed by atoms with Gasteiger partial charge in [-0.2, -0.15) is 5.26 Å². The van der Waals surface area contributed by atoms with Crippen LogP contribution in [0.1, 0.15) is 5.56 Å². The molecular formula is C11H7ClN4O2S. The van der Waals surface area contributed by atoms with Gasteiger partial charge in [-0.25, -0.2) is 18.4 Å². The summed E-state index contributed by atoms with van der Waals surface area (Å²) in [7, 11) is -3.89. The van der Waals surface area contributed by atoms with Gasteiger partial charge in [0, 0.05) is 0 Å². The Morgan fingerprint density at radius 1 is 1.26 bits per heavy atom. The molecule has 2 rings (SSSR count). The van der Waals surface area contributed by atoms with Crippen LogP contribution in [0.4, 0.5) is 5.69 Å². The van der Waals surface area contributed by atoms with Crippen molar-refractivity contribution in [3.63, 3.8) is 0 Å². The number of sulfonamides is 1. The summed E-state index contributed by atoms with van der Waals surface area (Å²) in [4.78, 5) is 7.22. The van der Waals surface area contributed by atoms with Gasteiger partial charge in [0.1, 0.15) is 11.2 Å². The van der Waals surface area contributed by atoms with Crippen molar-refractivity contribution in [2.24, 2.45) is 0 Å². The predicted molar refractivity (Wildman–Crippen MR) is 69.0 cm³/mol. The van der Waals surface area contributed by atoms with Gasteiger partial charge in [0.15, 0.2) is 0 Å². The van der Waals surface area contributed by atoms with Crippen molar-refractivity contribution in [3.05, 3.63) is 47.5 Å². The standard InChI is InChI=1S/C11H7ClN4O2S/c12-10-2-1-8(4-13)3-11(10)19(17,18)16-9-5-14-7-15-6-9/h1-3,5-7,16H. The van der Waals surface area contributed by atoms with Gasteiger partial charge in [-0.05, 0) is 18.2 Å². The fourth-order valence-electron chi connectivity index (χ4n) is 1.34. The normalized spacial score (nSPS) is 10.7. The Labute approximate surface area is 114 Å². The maximum absolute atomic E-state index is 12.1. The largest absolute Gasteiger partial charge is 0.276 e. The Balaban J connectivity index is 2.43. The third kappa shape index (κ3) is 2.99. The Morgan fingerprint density at radius 3 is 2.58 bits per heavy atom. The molecule has 1 N–H and O–H groups in total.